The number of nitro groups is 2. The van der Waals surface area contributed by atoms with E-state index in [1.807, 2.05) is 0 Å². The topological polar surface area (TPSA) is 200 Å². The van der Waals surface area contributed by atoms with Crippen molar-refractivity contribution in [2.24, 2.45) is 0 Å². The zero-order chi connectivity index (χ0) is 27.9. The van der Waals surface area contributed by atoms with Crippen molar-refractivity contribution in [3.63, 3.8) is 0 Å². The summed E-state index contributed by atoms with van der Waals surface area (Å²) in [6, 6.07) is 4.16. The van der Waals surface area contributed by atoms with Crippen molar-refractivity contribution in [3.05, 3.63) is 68.8 Å². The third-order valence-corrected chi connectivity index (χ3v) is 3.41. The van der Waals surface area contributed by atoms with E-state index in [0.717, 1.165) is 31.4 Å². The summed E-state index contributed by atoms with van der Waals surface area (Å²) in [6.45, 7) is 6.00. The van der Waals surface area contributed by atoms with E-state index >= 15 is 0 Å². The van der Waals surface area contributed by atoms with Gasteiger partial charge in [0.05, 0.1) is 29.6 Å². The summed E-state index contributed by atoms with van der Waals surface area (Å²) in [5.74, 6) is -3.42. The van der Waals surface area contributed by atoms with Gasteiger partial charge in [0.25, 0.3) is 0 Å². The van der Waals surface area contributed by atoms with Crippen molar-refractivity contribution >= 4 is 61.6 Å². The average molecular weight is 492 g/mol. The first-order valence-corrected chi connectivity index (χ1v) is 8.87. The molecule has 0 spiro atoms. The van der Waals surface area contributed by atoms with Crippen LogP contribution in [0.25, 0.3) is 0 Å². The standard InChI is InChI=1S/C8H7NO6.C8H7NO5.C2H4.B4.B/c1-15-7-5(9(13)14)3-2-4(6(7)10)8(11)12;1-14-8-6(9(12)13)3-2-5(4-10)7(8)11;1-2;1-4(2)3;/h2-3,10H,1H3,(H,11,12);2-4,11H,1H3;1-2H2;;. The normalized spacial score (nSPS) is 8.50. The molecule has 0 aliphatic carbocycles. The van der Waals surface area contributed by atoms with Crippen LogP contribution in [0.15, 0.2) is 37.4 Å². The van der Waals surface area contributed by atoms with Crippen molar-refractivity contribution in [1.82, 2.24) is 0 Å². The number of phenolic OH excluding ortho intramolecular Hbond substituents is 1. The number of carbonyl (C=O) groups excluding carboxylic acids is 1. The number of carbonyl (C=O) groups is 2. The fraction of sp³-hybridized carbons (Fsp3) is 0.111. The molecule has 3 N–H and O–H groups in total. The Morgan fingerprint density at radius 2 is 1.31 bits per heavy atom. The molecule has 181 valence electrons. The summed E-state index contributed by atoms with van der Waals surface area (Å²) in [4.78, 5) is 40.4. The van der Waals surface area contributed by atoms with Crippen LogP contribution in [0.5, 0.6) is 23.0 Å². The van der Waals surface area contributed by atoms with Crippen LogP contribution in [-0.2, 0) is 0 Å². The highest BCUT2D eigenvalue weighted by atomic mass is 16.6. The van der Waals surface area contributed by atoms with E-state index in [1.165, 1.54) is 7.11 Å². The fourth-order valence-electron chi connectivity index (χ4n) is 2.09. The molecule has 0 aliphatic rings. The van der Waals surface area contributed by atoms with Gasteiger partial charge in [0, 0.05) is 50.1 Å². The van der Waals surface area contributed by atoms with Gasteiger partial charge < -0.3 is 24.8 Å². The number of aromatic carboxylic acids is 1. The molecule has 0 aromatic heterocycles. The Morgan fingerprint density at radius 1 is 0.944 bits per heavy atom. The lowest BCUT2D eigenvalue weighted by Gasteiger charge is -2.05. The van der Waals surface area contributed by atoms with E-state index in [9.17, 15) is 40.0 Å². The summed E-state index contributed by atoms with van der Waals surface area (Å²) >= 11 is 0. The number of benzene rings is 2. The Balaban J connectivity index is -0.000000486. The van der Waals surface area contributed by atoms with Gasteiger partial charge in [-0.3, -0.25) is 25.0 Å². The molecule has 9 radical (unpaired) electrons. The summed E-state index contributed by atoms with van der Waals surface area (Å²) in [5, 5.41) is 48.3. The van der Waals surface area contributed by atoms with E-state index in [4.69, 9.17) is 5.11 Å². The van der Waals surface area contributed by atoms with Crippen LogP contribution in [0.3, 0.4) is 0 Å². The summed E-state index contributed by atoms with van der Waals surface area (Å²) in [6.07, 6.45) is -0.276. The quantitative estimate of drug-likeness (QED) is 0.171. The van der Waals surface area contributed by atoms with Crippen molar-refractivity contribution < 1.29 is 44.2 Å². The number of rotatable bonds is 6. The maximum atomic E-state index is 10.6. The molecule has 13 nitrogen and oxygen atoms in total. The molecular weight excluding hydrogens is 474 g/mol. The second-order valence-electron chi connectivity index (χ2n) is 5.58. The molecule has 18 heteroatoms. The smallest absolute Gasteiger partial charge is 0.339 e. The van der Waals surface area contributed by atoms with Gasteiger partial charge in [-0.1, -0.05) is 0 Å². The molecule has 0 fully saturated rings. The van der Waals surface area contributed by atoms with Crippen LogP contribution in [0, 0.1) is 20.2 Å². The van der Waals surface area contributed by atoms with Crippen LogP contribution in [-0.4, -0.2) is 89.7 Å². The minimum Gasteiger partial charge on any atom is -0.504 e. The number of carboxylic acids is 1. The number of hydrogen-bond acceptors (Lipinski definition) is 10. The average Bonchev–Trinajstić information content (AvgIpc) is 2.79. The fourth-order valence-corrected chi connectivity index (χ4v) is 2.09. The maximum absolute atomic E-state index is 10.6. The Kier molecular flexibility index (Phi) is 18.1. The third-order valence-electron chi connectivity index (χ3n) is 3.41. The number of methoxy groups -OCH3 is 2. The lowest BCUT2D eigenvalue weighted by Crippen LogP contribution is -2.11. The lowest BCUT2D eigenvalue weighted by atomic mass is 9.08. The highest BCUT2D eigenvalue weighted by Crippen LogP contribution is 2.39. The lowest BCUT2D eigenvalue weighted by molar-refractivity contribution is -0.386. The van der Waals surface area contributed by atoms with Crippen LogP contribution < -0.4 is 9.47 Å². The van der Waals surface area contributed by atoms with Crippen molar-refractivity contribution in [2.75, 3.05) is 14.2 Å². The van der Waals surface area contributed by atoms with Crippen molar-refractivity contribution in [3.8, 4) is 23.0 Å². The first-order valence-electron chi connectivity index (χ1n) is 8.87. The highest BCUT2D eigenvalue weighted by molar-refractivity contribution is 7.49. The second kappa shape index (κ2) is 18.0. The molecule has 0 amide bonds. The number of nitro benzene ring substituents is 2. The van der Waals surface area contributed by atoms with Gasteiger partial charge >= 0.3 is 17.3 Å². The number of nitrogens with zero attached hydrogens (tertiary/aromatic N) is 2. The van der Waals surface area contributed by atoms with Gasteiger partial charge in [-0.2, -0.15) is 0 Å². The van der Waals surface area contributed by atoms with Crippen LogP contribution >= 0.6 is 0 Å². The predicted molar refractivity (Wildman–Crippen MR) is 135 cm³/mol. The molecule has 0 saturated heterocycles. The molecule has 0 heterocycles. The molecule has 0 saturated carbocycles. The zero-order valence-corrected chi connectivity index (χ0v) is 19.2. The van der Waals surface area contributed by atoms with E-state index in [2.05, 4.69) is 45.8 Å². The van der Waals surface area contributed by atoms with Gasteiger partial charge in [0.2, 0.25) is 11.5 Å². The summed E-state index contributed by atoms with van der Waals surface area (Å²) < 4.78 is 9.20. The number of aldehydes is 1. The molecule has 2 rings (SSSR count). The van der Waals surface area contributed by atoms with Crippen molar-refractivity contribution in [1.29, 1.82) is 0 Å². The summed E-state index contributed by atoms with van der Waals surface area (Å²) in [5.41, 5.74) is -1.36. The molecule has 0 atom stereocenters. The van der Waals surface area contributed by atoms with E-state index in [1.54, 1.807) is 0 Å². The van der Waals surface area contributed by atoms with Gasteiger partial charge in [-0.15, -0.1) is 13.2 Å². The van der Waals surface area contributed by atoms with Crippen molar-refractivity contribution in [2.45, 2.75) is 0 Å². The Hall–Kier alpha value is -4.36. The number of hydrogen-bond donors (Lipinski definition) is 3. The Labute approximate surface area is 212 Å². The van der Waals surface area contributed by atoms with Gasteiger partial charge in [-0.25, -0.2) is 4.79 Å². The highest BCUT2D eigenvalue weighted by Gasteiger charge is 2.24. The first-order chi connectivity index (χ1) is 16.3. The van der Waals surface area contributed by atoms with Crippen LogP contribution in [0.4, 0.5) is 11.4 Å². The SMILES string of the molecule is C=C.COc1c([N+](=O)[O-])ccc(C(=O)O)c1O.COc1c([N+](=O)[O-])ccc(C=O)c1O.[B].[B]B([B])[B]. The van der Waals surface area contributed by atoms with Gasteiger partial charge in [-0.05, 0) is 12.1 Å². The van der Waals surface area contributed by atoms with E-state index in [0.29, 0.717) is 6.29 Å². The molecule has 0 aliphatic heterocycles. The molecule has 2 aromatic carbocycles. The Bertz CT molecular complexity index is 1050. The maximum Gasteiger partial charge on any atom is 0.339 e. The van der Waals surface area contributed by atoms with Gasteiger partial charge in [0.15, 0.2) is 17.8 Å². The Morgan fingerprint density at radius 3 is 1.61 bits per heavy atom. The monoisotopic (exact) mass is 493 g/mol. The molecule has 36 heavy (non-hydrogen) atoms. The van der Waals surface area contributed by atoms with E-state index < -0.39 is 50.7 Å². The second-order valence-corrected chi connectivity index (χ2v) is 5.58. The first kappa shape index (κ1) is 36.2. The number of aromatic hydroxyl groups is 2. The van der Waals surface area contributed by atoms with E-state index in [-0.39, 0.29) is 25.4 Å². The van der Waals surface area contributed by atoms with Crippen LogP contribution in [0.2, 0.25) is 0 Å². The minimum atomic E-state index is -1.39. The third kappa shape index (κ3) is 10.7. The van der Waals surface area contributed by atoms with Gasteiger partial charge in [0.1, 0.15) is 5.56 Å². The zero-order valence-electron chi connectivity index (χ0n) is 19.2. The molecule has 2 aromatic rings. The summed E-state index contributed by atoms with van der Waals surface area (Å²) in [7, 11) is 16.3. The van der Waals surface area contributed by atoms with Crippen LogP contribution in [0.1, 0.15) is 20.7 Å². The molecular formula is C18H18B5N2O11. The number of phenols is 2. The predicted octanol–water partition coefficient (Wildman–Crippen LogP) is 1.03. The molecule has 0 bridgehead atoms. The number of ether oxygens (including phenoxy) is 2. The largest absolute Gasteiger partial charge is 0.504 e. The molecule has 0 unspecified atom stereocenters. The number of carboxylic acid groups (broad SMARTS) is 1. The minimum absolute atomic E-state index is 0.